The quantitative estimate of drug-likeness (QED) is 0.388. The van der Waals surface area contributed by atoms with Crippen LogP contribution in [0.4, 0.5) is 0 Å². The summed E-state index contributed by atoms with van der Waals surface area (Å²) in [4.78, 5) is 43.2. The number of hydrogen-bond donors (Lipinski definition) is 2. The van der Waals surface area contributed by atoms with E-state index in [9.17, 15) is 9.59 Å². The summed E-state index contributed by atoms with van der Waals surface area (Å²) in [5.74, 6) is -0.491. The number of H-pyrrole nitrogens is 1. The lowest BCUT2D eigenvalue weighted by atomic mass is 10.1. The van der Waals surface area contributed by atoms with Gasteiger partial charge in [-0.2, -0.15) is 0 Å². The number of carbonyl (C=O) groups is 1. The van der Waals surface area contributed by atoms with Gasteiger partial charge in [0.15, 0.2) is 0 Å². The first-order valence-electron chi connectivity index (χ1n) is 11.3. The molecule has 36 heavy (non-hydrogen) atoms. The fourth-order valence-corrected chi connectivity index (χ4v) is 4.43. The van der Waals surface area contributed by atoms with Gasteiger partial charge >= 0.3 is 5.97 Å². The monoisotopic (exact) mass is 479 g/mol. The van der Waals surface area contributed by atoms with Crippen LogP contribution in [0, 0.1) is 0 Å². The van der Waals surface area contributed by atoms with Crippen LogP contribution >= 0.6 is 0 Å². The number of para-hydroxylation sites is 1. The minimum atomic E-state index is -0.491. The van der Waals surface area contributed by atoms with Gasteiger partial charge in [0.25, 0.3) is 5.56 Å². The van der Waals surface area contributed by atoms with E-state index in [1.54, 1.807) is 18.3 Å². The smallest absolute Gasteiger partial charge is 0.331 e. The minimum absolute atomic E-state index is 0.291. The third-order valence-electron chi connectivity index (χ3n) is 6.01. The van der Waals surface area contributed by atoms with E-state index in [0.717, 1.165) is 27.1 Å². The average molecular weight is 480 g/mol. The predicted molar refractivity (Wildman–Crippen MR) is 135 cm³/mol. The van der Waals surface area contributed by atoms with Crippen LogP contribution in [0.25, 0.3) is 44.1 Å². The van der Waals surface area contributed by atoms with Crippen molar-refractivity contribution in [2.24, 2.45) is 5.73 Å². The van der Waals surface area contributed by atoms with Gasteiger partial charge in [0.1, 0.15) is 11.2 Å². The number of benzene rings is 2. The summed E-state index contributed by atoms with van der Waals surface area (Å²) < 4.78 is 2.05. The lowest BCUT2D eigenvalue weighted by Gasteiger charge is -2.06. The molecule has 10 nitrogen and oxygen atoms in total. The van der Waals surface area contributed by atoms with Crippen molar-refractivity contribution in [3.8, 4) is 11.3 Å². The highest BCUT2D eigenvalue weighted by atomic mass is 16.7. The van der Waals surface area contributed by atoms with E-state index in [-0.39, 0.29) is 5.56 Å². The summed E-state index contributed by atoms with van der Waals surface area (Å²) in [7, 11) is 0. The molecule has 0 radical (unpaired) electrons. The highest BCUT2D eigenvalue weighted by Crippen LogP contribution is 2.29. The summed E-state index contributed by atoms with van der Waals surface area (Å²) in [6, 6.07) is 17.1. The van der Waals surface area contributed by atoms with Gasteiger partial charge in [-0.25, -0.2) is 9.78 Å². The molecule has 0 bridgehead atoms. The first-order chi connectivity index (χ1) is 17.5. The van der Waals surface area contributed by atoms with E-state index in [1.807, 2.05) is 48.7 Å². The van der Waals surface area contributed by atoms with Crippen molar-refractivity contribution in [1.29, 1.82) is 0 Å². The number of hydrogen-bond acceptors (Lipinski definition) is 7. The number of rotatable bonds is 5. The molecular weight excluding hydrogens is 458 g/mol. The van der Waals surface area contributed by atoms with Crippen molar-refractivity contribution in [3.05, 3.63) is 88.7 Å². The lowest BCUT2D eigenvalue weighted by Crippen LogP contribution is -2.17. The Morgan fingerprint density at radius 2 is 1.89 bits per heavy atom. The number of carbonyl (C=O) groups excluding carboxylic acids is 1. The van der Waals surface area contributed by atoms with Crippen LogP contribution in [0.15, 0.2) is 71.8 Å². The molecule has 0 atom stereocenters. The Balaban J connectivity index is 1.50. The Labute approximate surface area is 203 Å². The molecule has 4 aromatic heterocycles. The van der Waals surface area contributed by atoms with Gasteiger partial charge in [-0.1, -0.05) is 29.1 Å². The van der Waals surface area contributed by atoms with Crippen LogP contribution < -0.4 is 16.1 Å². The molecule has 0 aliphatic rings. The van der Waals surface area contributed by atoms with Crippen LogP contribution in [0.1, 0.15) is 18.3 Å². The average Bonchev–Trinajstić information content (AvgIpc) is 3.43. The van der Waals surface area contributed by atoms with Gasteiger partial charge in [0, 0.05) is 41.5 Å². The zero-order valence-electron chi connectivity index (χ0n) is 19.3. The second-order valence-corrected chi connectivity index (χ2v) is 8.46. The van der Waals surface area contributed by atoms with Gasteiger partial charge in [-0.15, -0.1) is 5.10 Å². The van der Waals surface area contributed by atoms with Crippen molar-refractivity contribution in [1.82, 2.24) is 29.5 Å². The Morgan fingerprint density at radius 1 is 1.06 bits per heavy atom. The molecule has 3 N–H and O–H groups in total. The molecule has 2 aromatic carbocycles. The van der Waals surface area contributed by atoms with E-state index in [2.05, 4.69) is 19.6 Å². The second kappa shape index (κ2) is 8.43. The lowest BCUT2D eigenvalue weighted by molar-refractivity contribution is -0.142. The standard InChI is InChI=1S/C26H21N7O3/c1-15(34)36-33-24-10-22-21(9-16(24)12-28-33)31-26(35)25(30-22)20-14-32(23-8-3-2-7-19(20)23)13-18-6-4-5-17(11-27)29-18/h2-10,12,14H,11,13,27H2,1H3,(H,31,35). The zero-order valence-corrected chi connectivity index (χ0v) is 19.3. The molecule has 0 spiro atoms. The van der Waals surface area contributed by atoms with Gasteiger partial charge in [-0.05, 0) is 30.3 Å². The minimum Gasteiger partial charge on any atom is -0.341 e. The van der Waals surface area contributed by atoms with Crippen LogP contribution in [0.5, 0.6) is 0 Å². The Morgan fingerprint density at radius 3 is 2.72 bits per heavy atom. The molecule has 0 amide bonds. The Hall–Kier alpha value is -4.83. The zero-order chi connectivity index (χ0) is 24.8. The van der Waals surface area contributed by atoms with Gasteiger partial charge in [0.05, 0.1) is 35.2 Å². The second-order valence-electron chi connectivity index (χ2n) is 8.46. The van der Waals surface area contributed by atoms with E-state index in [4.69, 9.17) is 15.6 Å². The molecular formula is C26H21N7O3. The number of nitrogens with two attached hydrogens (primary N) is 1. The van der Waals surface area contributed by atoms with E-state index >= 15 is 0 Å². The molecule has 6 rings (SSSR count). The van der Waals surface area contributed by atoms with Crippen LogP contribution in [0.3, 0.4) is 0 Å². The molecule has 178 valence electrons. The van der Waals surface area contributed by atoms with E-state index < -0.39 is 5.97 Å². The maximum absolute atomic E-state index is 13.2. The third-order valence-corrected chi connectivity index (χ3v) is 6.01. The maximum atomic E-state index is 13.2. The van der Waals surface area contributed by atoms with Gasteiger partial charge in [0.2, 0.25) is 0 Å². The topological polar surface area (TPSA) is 134 Å². The molecule has 6 aromatic rings. The fourth-order valence-electron chi connectivity index (χ4n) is 4.43. The maximum Gasteiger partial charge on any atom is 0.331 e. The fraction of sp³-hybridized carbons (Fsp3) is 0.115. The van der Waals surface area contributed by atoms with Gasteiger partial charge < -0.3 is 20.1 Å². The Kier molecular flexibility index (Phi) is 5.08. The molecule has 0 unspecified atom stereocenters. The molecule has 0 fully saturated rings. The third kappa shape index (κ3) is 3.69. The molecule has 10 heteroatoms. The summed E-state index contributed by atoms with van der Waals surface area (Å²) in [6.07, 6.45) is 3.48. The van der Waals surface area contributed by atoms with Crippen LogP contribution in [-0.4, -0.2) is 35.4 Å². The van der Waals surface area contributed by atoms with Crippen LogP contribution in [-0.2, 0) is 17.9 Å². The normalized spacial score (nSPS) is 11.5. The number of aromatic amines is 1. The van der Waals surface area contributed by atoms with Crippen molar-refractivity contribution >= 4 is 38.8 Å². The molecule has 4 heterocycles. The highest BCUT2D eigenvalue weighted by molar-refractivity contribution is 5.97. The van der Waals surface area contributed by atoms with Crippen molar-refractivity contribution in [2.45, 2.75) is 20.0 Å². The number of fused-ring (bicyclic) bond motifs is 3. The Bertz CT molecular complexity index is 1850. The molecule has 0 saturated heterocycles. The first-order valence-corrected chi connectivity index (χ1v) is 11.3. The molecule has 0 saturated carbocycles. The summed E-state index contributed by atoms with van der Waals surface area (Å²) in [6.45, 7) is 2.19. The first kappa shape index (κ1) is 21.7. The van der Waals surface area contributed by atoms with Gasteiger partial charge in [-0.3, -0.25) is 9.78 Å². The highest BCUT2D eigenvalue weighted by Gasteiger charge is 2.17. The largest absolute Gasteiger partial charge is 0.341 e. The van der Waals surface area contributed by atoms with Crippen molar-refractivity contribution in [2.75, 3.05) is 0 Å². The van der Waals surface area contributed by atoms with E-state index in [0.29, 0.717) is 46.3 Å². The SMILES string of the molecule is CC(=O)On1ncc2cc3[nH]c(=O)c(-c4cn(Cc5cccc(CN)n5)c5ccccc45)nc3cc21. The summed E-state index contributed by atoms with van der Waals surface area (Å²) in [5.41, 5.74) is 10.8. The molecule has 0 aliphatic heterocycles. The van der Waals surface area contributed by atoms with Crippen molar-refractivity contribution in [3.63, 3.8) is 0 Å². The van der Waals surface area contributed by atoms with Crippen LogP contribution in [0.2, 0.25) is 0 Å². The molecule has 0 aliphatic carbocycles. The van der Waals surface area contributed by atoms with Crippen molar-refractivity contribution < 1.29 is 9.63 Å². The number of aromatic nitrogens is 6. The summed E-state index contributed by atoms with van der Waals surface area (Å²) in [5, 5.41) is 5.70. The number of pyridine rings is 1. The summed E-state index contributed by atoms with van der Waals surface area (Å²) >= 11 is 0. The predicted octanol–water partition coefficient (Wildman–Crippen LogP) is 2.77. The number of nitrogens with zero attached hydrogens (tertiary/aromatic N) is 5. The number of nitrogens with one attached hydrogen (secondary N) is 1. The van der Waals surface area contributed by atoms with E-state index in [1.165, 1.54) is 6.92 Å².